The molecule has 3 aromatic carbocycles. The molecule has 4 heteroatoms. The minimum absolute atomic E-state index is 0.344. The normalized spacial score (nSPS) is 11.2. The molecule has 3 rings (SSSR count). The average Bonchev–Trinajstić information content (AvgIpc) is 2.83. The van der Waals surface area contributed by atoms with Crippen LogP contribution in [0, 0.1) is 0 Å². The van der Waals surface area contributed by atoms with Gasteiger partial charge in [-0.15, -0.1) is 0 Å². The third-order valence-electron chi connectivity index (χ3n) is 4.80. The van der Waals surface area contributed by atoms with Gasteiger partial charge >= 0.3 is 11.9 Å². The number of esters is 2. The molecule has 0 aliphatic carbocycles. The van der Waals surface area contributed by atoms with Crippen LogP contribution in [0.2, 0.25) is 0 Å². The Balaban J connectivity index is 1.63. The van der Waals surface area contributed by atoms with Gasteiger partial charge < -0.3 is 9.47 Å². The standard InChI is InChI=1S/C28H24O4/c1-4-20(3)28(30)32-26-18-14-24(15-19-26)23-12-8-21(9-13-23)6-7-22-10-16-25(17-11-22)31-27(29)5-2/h4-19H,2H2,1,3H3/b7-6+,20-4-. The number of ether oxygens (including phenoxy) is 2. The third kappa shape index (κ3) is 6.16. The molecule has 0 unspecified atom stereocenters. The van der Waals surface area contributed by atoms with E-state index in [4.69, 9.17) is 9.47 Å². The predicted molar refractivity (Wildman–Crippen MR) is 128 cm³/mol. The highest BCUT2D eigenvalue weighted by Gasteiger charge is 2.06. The third-order valence-corrected chi connectivity index (χ3v) is 4.80. The van der Waals surface area contributed by atoms with Crippen molar-refractivity contribution in [1.29, 1.82) is 0 Å². The molecule has 3 aromatic rings. The molecule has 0 aliphatic rings. The Morgan fingerprint density at radius 2 is 1.16 bits per heavy atom. The summed E-state index contributed by atoms with van der Waals surface area (Å²) in [6.45, 7) is 6.91. The first-order valence-electron chi connectivity index (χ1n) is 10.2. The molecule has 160 valence electrons. The Morgan fingerprint density at radius 1 is 0.719 bits per heavy atom. The van der Waals surface area contributed by atoms with Crippen molar-refractivity contribution in [2.45, 2.75) is 13.8 Å². The van der Waals surface area contributed by atoms with Crippen molar-refractivity contribution in [1.82, 2.24) is 0 Å². The quantitative estimate of drug-likeness (QED) is 0.188. The highest BCUT2D eigenvalue weighted by molar-refractivity contribution is 5.89. The first-order valence-corrected chi connectivity index (χ1v) is 10.2. The van der Waals surface area contributed by atoms with E-state index in [1.165, 1.54) is 0 Å². The molecule has 4 nitrogen and oxygen atoms in total. The number of hydrogen-bond acceptors (Lipinski definition) is 4. The molecule has 0 fully saturated rings. The minimum Gasteiger partial charge on any atom is -0.423 e. The van der Waals surface area contributed by atoms with Crippen LogP contribution >= 0.6 is 0 Å². The molecule has 0 spiro atoms. The molecule has 0 amide bonds. The lowest BCUT2D eigenvalue weighted by Gasteiger charge is -2.06. The van der Waals surface area contributed by atoms with E-state index in [9.17, 15) is 9.59 Å². The van der Waals surface area contributed by atoms with Crippen LogP contribution in [0.3, 0.4) is 0 Å². The molecular formula is C28H24O4. The second kappa shape index (κ2) is 10.7. The van der Waals surface area contributed by atoms with Crippen molar-refractivity contribution in [3.05, 3.63) is 108 Å². The SMILES string of the molecule is C=CC(=O)Oc1ccc(/C=C/c2ccc(-c3ccc(OC(=O)/C(C)=C\C)cc3)cc2)cc1. The van der Waals surface area contributed by atoms with E-state index in [0.29, 0.717) is 17.1 Å². The summed E-state index contributed by atoms with van der Waals surface area (Å²) in [6.07, 6.45) is 6.86. The van der Waals surface area contributed by atoms with Crippen molar-refractivity contribution >= 4 is 24.1 Å². The van der Waals surface area contributed by atoms with Crippen LogP contribution in [0.15, 0.2) is 97.1 Å². The first-order chi connectivity index (χ1) is 15.5. The molecule has 0 aromatic heterocycles. The van der Waals surface area contributed by atoms with Gasteiger partial charge in [0.15, 0.2) is 0 Å². The summed E-state index contributed by atoms with van der Waals surface area (Å²) in [5.41, 5.74) is 4.73. The lowest BCUT2D eigenvalue weighted by atomic mass is 10.0. The molecule has 0 aliphatic heterocycles. The molecule has 32 heavy (non-hydrogen) atoms. The Bertz CT molecular complexity index is 1150. The molecule has 0 bridgehead atoms. The summed E-state index contributed by atoms with van der Waals surface area (Å²) >= 11 is 0. The van der Waals surface area contributed by atoms with Gasteiger partial charge in [-0.2, -0.15) is 0 Å². The van der Waals surface area contributed by atoms with E-state index < -0.39 is 5.97 Å². The summed E-state index contributed by atoms with van der Waals surface area (Å²) in [7, 11) is 0. The molecular weight excluding hydrogens is 400 g/mol. The fraction of sp³-hybridized carbons (Fsp3) is 0.0714. The van der Waals surface area contributed by atoms with Gasteiger partial charge in [0, 0.05) is 11.6 Å². The first kappa shape index (κ1) is 22.5. The number of rotatable bonds is 7. The van der Waals surface area contributed by atoms with E-state index in [0.717, 1.165) is 28.3 Å². The average molecular weight is 424 g/mol. The number of benzene rings is 3. The maximum Gasteiger partial charge on any atom is 0.338 e. The molecule has 0 N–H and O–H groups in total. The minimum atomic E-state index is -0.479. The zero-order chi connectivity index (χ0) is 22.9. The second-order valence-corrected chi connectivity index (χ2v) is 7.04. The summed E-state index contributed by atoms with van der Waals surface area (Å²) in [4.78, 5) is 23.1. The number of carbonyl (C=O) groups excluding carboxylic acids is 2. The number of allylic oxidation sites excluding steroid dienone is 1. The van der Waals surface area contributed by atoms with E-state index in [1.807, 2.05) is 60.7 Å². The fourth-order valence-corrected chi connectivity index (χ4v) is 2.80. The largest absolute Gasteiger partial charge is 0.423 e. The van der Waals surface area contributed by atoms with Crippen molar-refractivity contribution in [3.63, 3.8) is 0 Å². The van der Waals surface area contributed by atoms with Gasteiger partial charge in [0.1, 0.15) is 11.5 Å². The van der Waals surface area contributed by atoms with Crippen molar-refractivity contribution in [3.8, 4) is 22.6 Å². The summed E-state index contributed by atoms with van der Waals surface area (Å²) in [6, 6.07) is 22.8. The highest BCUT2D eigenvalue weighted by atomic mass is 16.5. The van der Waals surface area contributed by atoms with Gasteiger partial charge in [-0.3, -0.25) is 0 Å². The van der Waals surface area contributed by atoms with Crippen LogP contribution in [0.1, 0.15) is 25.0 Å². The van der Waals surface area contributed by atoms with Crippen LogP contribution in [-0.2, 0) is 9.59 Å². The Hall–Kier alpha value is -4.18. The summed E-state index contributed by atoms with van der Waals surface area (Å²) in [5, 5.41) is 0. The monoisotopic (exact) mass is 424 g/mol. The van der Waals surface area contributed by atoms with E-state index in [2.05, 4.69) is 6.58 Å². The molecule has 0 saturated heterocycles. The maximum absolute atomic E-state index is 11.9. The molecule has 0 saturated carbocycles. The van der Waals surface area contributed by atoms with Gasteiger partial charge in [-0.25, -0.2) is 9.59 Å². The predicted octanol–water partition coefficient (Wildman–Crippen LogP) is 6.49. The number of carbonyl (C=O) groups is 2. The summed E-state index contributed by atoms with van der Waals surface area (Å²) < 4.78 is 10.4. The van der Waals surface area contributed by atoms with E-state index in [-0.39, 0.29) is 5.97 Å². The van der Waals surface area contributed by atoms with Gasteiger partial charge in [-0.1, -0.05) is 73.3 Å². The van der Waals surface area contributed by atoms with Gasteiger partial charge in [0.05, 0.1) is 0 Å². The van der Waals surface area contributed by atoms with Crippen LogP contribution in [-0.4, -0.2) is 11.9 Å². The van der Waals surface area contributed by atoms with Crippen LogP contribution in [0.25, 0.3) is 23.3 Å². The number of hydrogen-bond donors (Lipinski definition) is 0. The molecule has 0 atom stereocenters. The summed E-state index contributed by atoms with van der Waals surface area (Å²) in [5.74, 6) is 0.176. The second-order valence-electron chi connectivity index (χ2n) is 7.04. The fourth-order valence-electron chi connectivity index (χ4n) is 2.80. The zero-order valence-electron chi connectivity index (χ0n) is 18.1. The van der Waals surface area contributed by atoms with Crippen molar-refractivity contribution in [2.24, 2.45) is 0 Å². The van der Waals surface area contributed by atoms with Crippen molar-refractivity contribution < 1.29 is 19.1 Å². The lowest BCUT2D eigenvalue weighted by molar-refractivity contribution is -0.130. The van der Waals surface area contributed by atoms with Gasteiger partial charge in [0.2, 0.25) is 0 Å². The van der Waals surface area contributed by atoms with E-state index in [1.54, 1.807) is 44.2 Å². The zero-order valence-corrected chi connectivity index (χ0v) is 18.1. The van der Waals surface area contributed by atoms with E-state index >= 15 is 0 Å². The molecule has 0 radical (unpaired) electrons. The van der Waals surface area contributed by atoms with Crippen LogP contribution < -0.4 is 9.47 Å². The van der Waals surface area contributed by atoms with Crippen LogP contribution in [0.5, 0.6) is 11.5 Å². The highest BCUT2D eigenvalue weighted by Crippen LogP contribution is 2.24. The molecule has 0 heterocycles. The lowest BCUT2D eigenvalue weighted by Crippen LogP contribution is -2.08. The van der Waals surface area contributed by atoms with Gasteiger partial charge in [0.25, 0.3) is 0 Å². The smallest absolute Gasteiger partial charge is 0.338 e. The Morgan fingerprint density at radius 3 is 1.66 bits per heavy atom. The van der Waals surface area contributed by atoms with Gasteiger partial charge in [-0.05, 0) is 60.4 Å². The van der Waals surface area contributed by atoms with Crippen LogP contribution in [0.4, 0.5) is 0 Å². The maximum atomic E-state index is 11.9. The van der Waals surface area contributed by atoms with Crippen molar-refractivity contribution in [2.75, 3.05) is 0 Å². The topological polar surface area (TPSA) is 52.6 Å². The Labute approximate surface area is 188 Å². The Kier molecular flexibility index (Phi) is 7.55.